The van der Waals surface area contributed by atoms with Crippen molar-refractivity contribution in [1.82, 2.24) is 10.4 Å². The second-order valence-electron chi connectivity index (χ2n) is 6.40. The number of hydrogen-bond acceptors (Lipinski definition) is 3. The van der Waals surface area contributed by atoms with E-state index in [4.69, 9.17) is 16.3 Å². The van der Waals surface area contributed by atoms with Crippen LogP contribution in [0.1, 0.15) is 16.1 Å². The van der Waals surface area contributed by atoms with Crippen molar-refractivity contribution in [3.63, 3.8) is 0 Å². The molecule has 0 bridgehead atoms. The minimum atomic E-state index is -0.332. The van der Waals surface area contributed by atoms with Gasteiger partial charge < -0.3 is 9.72 Å². The summed E-state index contributed by atoms with van der Waals surface area (Å²) in [5, 5.41) is 5.58. The van der Waals surface area contributed by atoms with Gasteiger partial charge in [-0.1, -0.05) is 41.9 Å². The Morgan fingerprint density at radius 1 is 1.07 bits per heavy atom. The van der Waals surface area contributed by atoms with E-state index in [9.17, 15) is 4.79 Å². The topological polar surface area (TPSA) is 66.5 Å². The highest BCUT2D eigenvalue weighted by molar-refractivity contribution is 6.31. The molecule has 144 valence electrons. The molecule has 6 heteroatoms. The molecule has 1 amide bonds. The van der Waals surface area contributed by atoms with E-state index in [1.165, 1.54) is 0 Å². The lowest BCUT2D eigenvalue weighted by atomic mass is 10.0. The lowest BCUT2D eigenvalue weighted by Crippen LogP contribution is -2.18. The zero-order valence-electron chi connectivity index (χ0n) is 15.6. The summed E-state index contributed by atoms with van der Waals surface area (Å²) in [5.41, 5.74) is 6.42. The summed E-state index contributed by atoms with van der Waals surface area (Å²) in [6.07, 6.45) is 1.58. The van der Waals surface area contributed by atoms with Gasteiger partial charge in [0.1, 0.15) is 11.4 Å². The number of benzene rings is 3. The van der Waals surface area contributed by atoms with E-state index in [2.05, 4.69) is 15.5 Å². The van der Waals surface area contributed by atoms with E-state index >= 15 is 0 Å². The molecule has 0 fully saturated rings. The van der Waals surface area contributed by atoms with Crippen molar-refractivity contribution in [1.29, 1.82) is 0 Å². The number of amides is 1. The number of fused-ring (bicyclic) bond motifs is 1. The Balaban J connectivity index is 1.65. The second kappa shape index (κ2) is 8.20. The first kappa shape index (κ1) is 18.8. The molecule has 0 aliphatic carbocycles. The molecule has 1 aromatic heterocycles. The Morgan fingerprint density at radius 2 is 1.83 bits per heavy atom. The van der Waals surface area contributed by atoms with Crippen LogP contribution < -0.4 is 10.2 Å². The van der Waals surface area contributed by atoms with Crippen LogP contribution in [0.4, 0.5) is 0 Å². The van der Waals surface area contributed by atoms with Gasteiger partial charge in [0.15, 0.2) is 0 Å². The van der Waals surface area contributed by atoms with Gasteiger partial charge in [0.25, 0.3) is 5.91 Å². The number of aromatic nitrogens is 1. The summed E-state index contributed by atoms with van der Waals surface area (Å²) < 4.78 is 5.13. The van der Waals surface area contributed by atoms with Crippen LogP contribution in [-0.4, -0.2) is 24.2 Å². The van der Waals surface area contributed by atoms with Gasteiger partial charge in [-0.15, -0.1) is 0 Å². The molecule has 4 rings (SSSR count). The first-order valence-electron chi connectivity index (χ1n) is 9.00. The fourth-order valence-electron chi connectivity index (χ4n) is 3.15. The van der Waals surface area contributed by atoms with Crippen molar-refractivity contribution < 1.29 is 9.53 Å². The van der Waals surface area contributed by atoms with Crippen LogP contribution in [0.2, 0.25) is 5.02 Å². The lowest BCUT2D eigenvalue weighted by Gasteiger charge is -2.04. The molecule has 0 saturated heterocycles. The Labute approximate surface area is 173 Å². The monoisotopic (exact) mass is 403 g/mol. The van der Waals surface area contributed by atoms with E-state index < -0.39 is 0 Å². The number of nitrogens with zero attached hydrogens (tertiary/aromatic N) is 1. The Kier molecular flexibility index (Phi) is 5.31. The van der Waals surface area contributed by atoms with Gasteiger partial charge in [-0.3, -0.25) is 4.79 Å². The number of carbonyl (C=O) groups is 1. The fourth-order valence-corrected chi connectivity index (χ4v) is 3.32. The van der Waals surface area contributed by atoms with Gasteiger partial charge in [-0.05, 0) is 53.6 Å². The maximum absolute atomic E-state index is 12.9. The SMILES string of the molecule is COc1ccc(/C=N/NC(=O)c2[nH]c3ccc(Cl)cc3c2-c2ccccc2)cc1. The standard InChI is InChI=1S/C23H18ClN3O2/c1-29-18-10-7-15(8-11-18)14-25-27-23(28)22-21(16-5-3-2-4-6-16)19-13-17(24)9-12-20(19)26-22/h2-14,26H,1H3,(H,27,28)/b25-14+. The molecule has 1 heterocycles. The minimum Gasteiger partial charge on any atom is -0.497 e. The Bertz CT molecular complexity index is 1180. The molecular formula is C23H18ClN3O2. The highest BCUT2D eigenvalue weighted by Crippen LogP contribution is 2.34. The van der Waals surface area contributed by atoms with Gasteiger partial charge in [0.2, 0.25) is 0 Å². The van der Waals surface area contributed by atoms with Crippen LogP contribution in [0, 0.1) is 0 Å². The quantitative estimate of drug-likeness (QED) is 0.352. The predicted octanol–water partition coefficient (Wildman–Crippen LogP) is 5.26. The molecule has 0 unspecified atom stereocenters. The molecule has 4 aromatic rings. The maximum Gasteiger partial charge on any atom is 0.288 e. The van der Waals surface area contributed by atoms with Crippen LogP contribution in [-0.2, 0) is 0 Å². The first-order valence-corrected chi connectivity index (χ1v) is 9.37. The average Bonchev–Trinajstić information content (AvgIpc) is 3.13. The third-order valence-electron chi connectivity index (χ3n) is 4.55. The third kappa shape index (κ3) is 4.00. The van der Waals surface area contributed by atoms with Crippen molar-refractivity contribution in [3.8, 4) is 16.9 Å². The van der Waals surface area contributed by atoms with Gasteiger partial charge in [0, 0.05) is 21.5 Å². The highest BCUT2D eigenvalue weighted by atomic mass is 35.5. The number of hydrazone groups is 1. The number of aromatic amines is 1. The second-order valence-corrected chi connectivity index (χ2v) is 6.84. The predicted molar refractivity (Wildman–Crippen MR) is 117 cm³/mol. The van der Waals surface area contributed by atoms with Crippen molar-refractivity contribution in [2.24, 2.45) is 5.10 Å². The largest absolute Gasteiger partial charge is 0.497 e. The lowest BCUT2D eigenvalue weighted by molar-refractivity contribution is 0.0951. The van der Waals surface area contributed by atoms with Crippen LogP contribution in [0.5, 0.6) is 5.75 Å². The average molecular weight is 404 g/mol. The normalized spacial score (nSPS) is 11.1. The molecule has 0 atom stereocenters. The van der Waals surface area contributed by atoms with Crippen LogP contribution >= 0.6 is 11.6 Å². The molecule has 0 aliphatic heterocycles. The Morgan fingerprint density at radius 3 is 2.55 bits per heavy atom. The van der Waals surface area contributed by atoms with E-state index in [0.717, 1.165) is 33.3 Å². The summed E-state index contributed by atoms with van der Waals surface area (Å²) in [7, 11) is 1.61. The molecular weight excluding hydrogens is 386 g/mol. The summed E-state index contributed by atoms with van der Waals surface area (Å²) in [6, 6.07) is 22.6. The van der Waals surface area contributed by atoms with Crippen molar-refractivity contribution in [2.75, 3.05) is 7.11 Å². The van der Waals surface area contributed by atoms with E-state index in [-0.39, 0.29) is 5.91 Å². The number of nitrogens with one attached hydrogen (secondary N) is 2. The third-order valence-corrected chi connectivity index (χ3v) is 4.78. The van der Waals surface area contributed by atoms with E-state index in [1.54, 1.807) is 19.4 Å². The molecule has 29 heavy (non-hydrogen) atoms. The first-order chi connectivity index (χ1) is 14.2. The smallest absolute Gasteiger partial charge is 0.288 e. The van der Waals surface area contributed by atoms with Crippen LogP contribution in [0.15, 0.2) is 77.9 Å². The molecule has 0 saturated carbocycles. The van der Waals surface area contributed by atoms with Gasteiger partial charge in [-0.25, -0.2) is 5.43 Å². The number of ether oxygens (including phenoxy) is 1. The summed E-state index contributed by atoms with van der Waals surface area (Å²) >= 11 is 6.19. The molecule has 3 aromatic carbocycles. The molecule has 0 aliphatic rings. The number of rotatable bonds is 5. The van der Waals surface area contributed by atoms with Crippen molar-refractivity contribution >= 4 is 34.6 Å². The van der Waals surface area contributed by atoms with Gasteiger partial charge in [-0.2, -0.15) is 5.10 Å². The van der Waals surface area contributed by atoms with Crippen LogP contribution in [0.3, 0.4) is 0 Å². The van der Waals surface area contributed by atoms with Crippen LogP contribution in [0.25, 0.3) is 22.0 Å². The number of halogens is 1. The number of hydrogen-bond donors (Lipinski definition) is 2. The molecule has 0 radical (unpaired) electrons. The summed E-state index contributed by atoms with van der Waals surface area (Å²) in [6.45, 7) is 0. The molecule has 0 spiro atoms. The van der Waals surface area contributed by atoms with E-state index in [0.29, 0.717) is 10.7 Å². The molecule has 2 N–H and O–H groups in total. The maximum atomic E-state index is 12.9. The number of methoxy groups -OCH3 is 1. The summed E-state index contributed by atoms with van der Waals surface area (Å²) in [5.74, 6) is 0.427. The Hall–Kier alpha value is -3.57. The fraction of sp³-hybridized carbons (Fsp3) is 0.0435. The zero-order chi connectivity index (χ0) is 20.2. The van der Waals surface area contributed by atoms with Gasteiger partial charge in [0.05, 0.1) is 13.3 Å². The van der Waals surface area contributed by atoms with E-state index in [1.807, 2.05) is 66.7 Å². The minimum absolute atomic E-state index is 0.332. The summed E-state index contributed by atoms with van der Waals surface area (Å²) in [4.78, 5) is 16.1. The number of H-pyrrole nitrogens is 1. The van der Waals surface area contributed by atoms with Crippen molar-refractivity contribution in [2.45, 2.75) is 0 Å². The highest BCUT2D eigenvalue weighted by Gasteiger charge is 2.19. The van der Waals surface area contributed by atoms with Gasteiger partial charge >= 0.3 is 0 Å². The molecule has 5 nitrogen and oxygen atoms in total. The zero-order valence-corrected chi connectivity index (χ0v) is 16.4. The van der Waals surface area contributed by atoms with Crippen molar-refractivity contribution in [3.05, 3.63) is 89.1 Å². The number of carbonyl (C=O) groups excluding carboxylic acids is 1.